The van der Waals surface area contributed by atoms with Crippen LogP contribution in [0.5, 0.6) is 5.75 Å². The lowest BCUT2D eigenvalue weighted by molar-refractivity contribution is -0.123. The number of para-hydroxylation sites is 2. The summed E-state index contributed by atoms with van der Waals surface area (Å²) >= 11 is 5.69. The van der Waals surface area contributed by atoms with Crippen LogP contribution in [-0.2, 0) is 9.59 Å². The first-order valence-electron chi connectivity index (χ1n) is 7.25. The number of ether oxygens (including phenoxy) is 1. The summed E-state index contributed by atoms with van der Waals surface area (Å²) in [6.07, 6.45) is -0.945. The van der Waals surface area contributed by atoms with E-state index in [1.54, 1.807) is 24.3 Å². The van der Waals surface area contributed by atoms with E-state index in [0.29, 0.717) is 11.4 Å². The molecule has 0 fully saturated rings. The topological polar surface area (TPSA) is 58.6 Å². The number of carbonyl (C=O) groups excluding carboxylic acids is 2. The molecule has 0 aromatic heterocycles. The fourth-order valence-corrected chi connectivity index (χ4v) is 2.63. The molecule has 0 bridgehead atoms. The number of nitrogens with one attached hydrogen (secondary N) is 1. The molecule has 24 heavy (non-hydrogen) atoms. The summed E-state index contributed by atoms with van der Waals surface area (Å²) in [6.45, 7) is 1.46. The molecule has 2 amide bonds. The van der Waals surface area contributed by atoms with Crippen LogP contribution in [0.15, 0.2) is 42.5 Å². The molecule has 1 aliphatic rings. The van der Waals surface area contributed by atoms with Crippen LogP contribution in [-0.4, -0.2) is 24.5 Å². The van der Waals surface area contributed by atoms with Gasteiger partial charge in [0.1, 0.15) is 11.6 Å². The Hall–Kier alpha value is -2.60. The van der Waals surface area contributed by atoms with E-state index in [0.717, 1.165) is 6.07 Å². The van der Waals surface area contributed by atoms with E-state index in [9.17, 15) is 14.0 Å². The van der Waals surface area contributed by atoms with Crippen molar-refractivity contribution in [3.8, 4) is 5.75 Å². The van der Waals surface area contributed by atoms with E-state index in [4.69, 9.17) is 16.3 Å². The minimum Gasteiger partial charge on any atom is -0.476 e. The van der Waals surface area contributed by atoms with Crippen molar-refractivity contribution in [1.29, 1.82) is 0 Å². The standard InChI is InChI=1S/C17H14ClFN2O3/c1-10(22)21-9-16(24-15-5-3-2-4-14(15)21)17(23)20-13-7-6-11(18)8-12(13)19/h2-8,16H,9H2,1H3,(H,20,23)/t16-/m0/s1. The number of anilines is 2. The van der Waals surface area contributed by atoms with Gasteiger partial charge in [-0.1, -0.05) is 23.7 Å². The molecule has 1 N–H and O–H groups in total. The minimum atomic E-state index is -0.945. The molecule has 5 nitrogen and oxygen atoms in total. The first-order valence-corrected chi connectivity index (χ1v) is 7.63. The maximum atomic E-state index is 13.8. The van der Waals surface area contributed by atoms with Crippen molar-refractivity contribution >= 4 is 34.8 Å². The highest BCUT2D eigenvalue weighted by Gasteiger charge is 2.32. The Morgan fingerprint density at radius 1 is 1.29 bits per heavy atom. The molecule has 2 aromatic rings. The molecule has 0 spiro atoms. The quantitative estimate of drug-likeness (QED) is 0.906. The summed E-state index contributed by atoms with van der Waals surface area (Å²) < 4.78 is 19.5. The number of hydrogen-bond donors (Lipinski definition) is 1. The number of benzene rings is 2. The van der Waals surface area contributed by atoms with Gasteiger partial charge in [0.15, 0.2) is 6.10 Å². The van der Waals surface area contributed by atoms with Gasteiger partial charge >= 0.3 is 0 Å². The highest BCUT2D eigenvalue weighted by atomic mass is 35.5. The van der Waals surface area contributed by atoms with E-state index in [1.807, 2.05) is 0 Å². The zero-order valence-corrected chi connectivity index (χ0v) is 13.5. The van der Waals surface area contributed by atoms with Gasteiger partial charge in [0.2, 0.25) is 5.91 Å². The fourth-order valence-electron chi connectivity index (χ4n) is 2.47. The van der Waals surface area contributed by atoms with Crippen LogP contribution in [0.1, 0.15) is 6.92 Å². The molecule has 1 heterocycles. The smallest absolute Gasteiger partial charge is 0.267 e. The van der Waals surface area contributed by atoms with Gasteiger partial charge in [-0.05, 0) is 30.3 Å². The summed E-state index contributed by atoms with van der Waals surface area (Å²) in [6, 6.07) is 10.9. The highest BCUT2D eigenvalue weighted by molar-refractivity contribution is 6.30. The van der Waals surface area contributed by atoms with E-state index < -0.39 is 17.8 Å². The Kier molecular flexibility index (Phi) is 4.40. The van der Waals surface area contributed by atoms with Crippen LogP contribution in [0.2, 0.25) is 5.02 Å². The van der Waals surface area contributed by atoms with Crippen LogP contribution in [0.3, 0.4) is 0 Å². The van der Waals surface area contributed by atoms with E-state index in [1.165, 1.54) is 24.0 Å². The molecule has 0 radical (unpaired) electrons. The maximum absolute atomic E-state index is 13.8. The monoisotopic (exact) mass is 348 g/mol. The molecule has 2 aromatic carbocycles. The molecule has 124 valence electrons. The summed E-state index contributed by atoms with van der Waals surface area (Å²) in [5.74, 6) is -0.968. The van der Waals surface area contributed by atoms with Crippen molar-refractivity contribution in [3.63, 3.8) is 0 Å². The number of carbonyl (C=O) groups is 2. The first kappa shape index (κ1) is 16.3. The van der Waals surface area contributed by atoms with Gasteiger partial charge in [0, 0.05) is 11.9 Å². The lowest BCUT2D eigenvalue weighted by atomic mass is 10.1. The van der Waals surface area contributed by atoms with Crippen molar-refractivity contribution in [2.45, 2.75) is 13.0 Å². The normalized spacial score (nSPS) is 16.1. The van der Waals surface area contributed by atoms with Gasteiger partial charge < -0.3 is 15.0 Å². The molecule has 0 saturated carbocycles. The molecule has 1 aliphatic heterocycles. The van der Waals surface area contributed by atoms with Crippen LogP contribution in [0.25, 0.3) is 0 Å². The van der Waals surface area contributed by atoms with Crippen molar-refractivity contribution in [2.24, 2.45) is 0 Å². The van der Waals surface area contributed by atoms with Crippen molar-refractivity contribution < 1.29 is 18.7 Å². The molecular weight excluding hydrogens is 335 g/mol. The predicted octanol–water partition coefficient (Wildman–Crippen LogP) is 3.23. The van der Waals surface area contributed by atoms with Crippen molar-refractivity contribution in [1.82, 2.24) is 0 Å². The molecule has 1 atom stereocenters. The second-order valence-electron chi connectivity index (χ2n) is 5.32. The maximum Gasteiger partial charge on any atom is 0.267 e. The van der Waals surface area contributed by atoms with Gasteiger partial charge in [-0.25, -0.2) is 4.39 Å². The zero-order chi connectivity index (χ0) is 17.3. The third kappa shape index (κ3) is 3.19. The second-order valence-corrected chi connectivity index (χ2v) is 5.75. The average Bonchev–Trinajstić information content (AvgIpc) is 2.56. The Bertz CT molecular complexity index is 812. The number of halogens is 2. The van der Waals surface area contributed by atoms with Gasteiger partial charge in [0.25, 0.3) is 5.91 Å². The molecule has 7 heteroatoms. The summed E-state index contributed by atoms with van der Waals surface area (Å²) in [7, 11) is 0. The summed E-state index contributed by atoms with van der Waals surface area (Å²) in [5, 5.41) is 2.69. The number of nitrogens with zero attached hydrogens (tertiary/aromatic N) is 1. The highest BCUT2D eigenvalue weighted by Crippen LogP contribution is 2.33. The van der Waals surface area contributed by atoms with Gasteiger partial charge in [-0.15, -0.1) is 0 Å². The Balaban J connectivity index is 1.82. The van der Waals surface area contributed by atoms with Crippen molar-refractivity contribution in [3.05, 3.63) is 53.3 Å². The SMILES string of the molecule is CC(=O)N1C[C@@H](C(=O)Nc2ccc(Cl)cc2F)Oc2ccccc21. The van der Waals surface area contributed by atoms with Gasteiger partial charge in [-0.2, -0.15) is 0 Å². The van der Waals surface area contributed by atoms with Crippen LogP contribution in [0.4, 0.5) is 15.8 Å². The van der Waals surface area contributed by atoms with Crippen molar-refractivity contribution in [2.75, 3.05) is 16.8 Å². The van der Waals surface area contributed by atoms with E-state index in [-0.39, 0.29) is 23.2 Å². The van der Waals surface area contributed by atoms with Gasteiger partial charge in [-0.3, -0.25) is 9.59 Å². The average molecular weight is 349 g/mol. The van der Waals surface area contributed by atoms with Crippen LogP contribution in [0, 0.1) is 5.82 Å². The Labute approximate surface area is 143 Å². The first-order chi connectivity index (χ1) is 11.5. The number of amides is 2. The van der Waals surface area contributed by atoms with Crippen LogP contribution < -0.4 is 15.0 Å². The third-order valence-corrected chi connectivity index (χ3v) is 3.87. The third-order valence-electron chi connectivity index (χ3n) is 3.64. The molecule has 0 aliphatic carbocycles. The summed E-state index contributed by atoms with van der Waals surface area (Å²) in [5.41, 5.74) is 0.605. The van der Waals surface area contributed by atoms with E-state index in [2.05, 4.69) is 5.32 Å². The predicted molar refractivity (Wildman–Crippen MR) is 88.9 cm³/mol. The zero-order valence-electron chi connectivity index (χ0n) is 12.8. The Morgan fingerprint density at radius 2 is 2.04 bits per heavy atom. The van der Waals surface area contributed by atoms with Crippen LogP contribution >= 0.6 is 11.6 Å². The molecule has 0 saturated heterocycles. The number of fused-ring (bicyclic) bond motifs is 1. The van der Waals surface area contributed by atoms with E-state index >= 15 is 0 Å². The Morgan fingerprint density at radius 3 is 2.75 bits per heavy atom. The summed E-state index contributed by atoms with van der Waals surface area (Å²) in [4.78, 5) is 25.7. The molecule has 3 rings (SSSR count). The lowest BCUT2D eigenvalue weighted by Crippen LogP contribution is -2.48. The largest absolute Gasteiger partial charge is 0.476 e. The number of rotatable bonds is 2. The molecular formula is C17H14ClFN2O3. The number of hydrogen-bond acceptors (Lipinski definition) is 3. The molecule has 0 unspecified atom stereocenters. The minimum absolute atomic E-state index is 0.00114. The lowest BCUT2D eigenvalue weighted by Gasteiger charge is -2.33. The van der Waals surface area contributed by atoms with Gasteiger partial charge in [0.05, 0.1) is 17.9 Å². The fraction of sp³-hybridized carbons (Fsp3) is 0.176. The second kappa shape index (κ2) is 6.49.